The molecule has 1 amide bonds. The third-order valence-electron chi connectivity index (χ3n) is 5.22. The lowest BCUT2D eigenvalue weighted by Crippen LogP contribution is -2.32. The molecule has 3 aromatic heterocycles. The second-order valence-corrected chi connectivity index (χ2v) is 9.55. The Bertz CT molecular complexity index is 1250. The summed E-state index contributed by atoms with van der Waals surface area (Å²) < 4.78 is 4.93. The van der Waals surface area contributed by atoms with Crippen LogP contribution in [0.2, 0.25) is 5.02 Å². The standard InChI is InChI=1S/C19H17ClN6OS2/c1-26(2)19(27)9-3-4-10-14(5-9)28-18-16(10)17(21-8-22-18)23-12-7-15-13(6-11(12)20)24-25-29-15/h6-9H,3-5H2,1-2H3,(H,21,22,23). The number of halogens is 1. The molecule has 5 rings (SSSR count). The fraction of sp³-hybridized carbons (Fsp3) is 0.316. The fourth-order valence-electron chi connectivity index (χ4n) is 3.81. The first-order valence-corrected chi connectivity index (χ1v) is 11.1. The Hall–Kier alpha value is -2.36. The Balaban J connectivity index is 1.54. The van der Waals surface area contributed by atoms with Gasteiger partial charge >= 0.3 is 0 Å². The summed E-state index contributed by atoms with van der Waals surface area (Å²) in [6.45, 7) is 0. The zero-order valence-electron chi connectivity index (χ0n) is 15.8. The summed E-state index contributed by atoms with van der Waals surface area (Å²) in [5.74, 6) is 0.963. The predicted molar refractivity (Wildman–Crippen MR) is 117 cm³/mol. The molecule has 0 saturated carbocycles. The number of nitrogens with one attached hydrogen (secondary N) is 1. The number of carbonyl (C=O) groups is 1. The van der Waals surface area contributed by atoms with Crippen molar-refractivity contribution in [2.24, 2.45) is 5.92 Å². The largest absolute Gasteiger partial charge is 0.349 e. The van der Waals surface area contributed by atoms with E-state index in [4.69, 9.17) is 11.6 Å². The number of nitrogens with zero attached hydrogens (tertiary/aromatic N) is 5. The van der Waals surface area contributed by atoms with Crippen molar-refractivity contribution >= 4 is 72.3 Å². The number of aromatic nitrogens is 4. The summed E-state index contributed by atoms with van der Waals surface area (Å²) in [7, 11) is 3.63. The molecular weight excluding hydrogens is 428 g/mol. The maximum Gasteiger partial charge on any atom is 0.225 e. The Labute approximate surface area is 179 Å². The Kier molecular flexibility index (Phi) is 4.60. The van der Waals surface area contributed by atoms with Gasteiger partial charge in [0.05, 0.1) is 20.8 Å². The number of rotatable bonds is 3. The van der Waals surface area contributed by atoms with Gasteiger partial charge in [-0.05, 0) is 48.5 Å². The molecule has 0 spiro atoms. The minimum atomic E-state index is 0.0330. The van der Waals surface area contributed by atoms with E-state index in [9.17, 15) is 4.79 Å². The number of anilines is 2. The van der Waals surface area contributed by atoms with E-state index in [-0.39, 0.29) is 11.8 Å². The van der Waals surface area contributed by atoms with Crippen molar-refractivity contribution in [1.82, 2.24) is 24.5 Å². The van der Waals surface area contributed by atoms with Crippen LogP contribution in [0.5, 0.6) is 0 Å². The molecule has 0 fully saturated rings. The molecule has 10 heteroatoms. The molecule has 1 atom stereocenters. The summed E-state index contributed by atoms with van der Waals surface area (Å²) in [5.41, 5.74) is 2.79. The van der Waals surface area contributed by atoms with Crippen LogP contribution in [0.1, 0.15) is 16.9 Å². The van der Waals surface area contributed by atoms with Crippen LogP contribution in [0, 0.1) is 5.92 Å². The van der Waals surface area contributed by atoms with Gasteiger partial charge in [0.25, 0.3) is 0 Å². The molecule has 1 N–H and O–H groups in total. The number of amides is 1. The normalized spacial score (nSPS) is 16.2. The zero-order chi connectivity index (χ0) is 20.1. The van der Waals surface area contributed by atoms with Crippen molar-refractivity contribution in [3.63, 3.8) is 0 Å². The number of thiophene rings is 1. The molecule has 1 aliphatic carbocycles. The van der Waals surface area contributed by atoms with Crippen molar-refractivity contribution in [2.45, 2.75) is 19.3 Å². The van der Waals surface area contributed by atoms with Crippen molar-refractivity contribution in [2.75, 3.05) is 19.4 Å². The number of benzene rings is 1. The molecule has 148 valence electrons. The molecule has 1 aliphatic rings. The van der Waals surface area contributed by atoms with Crippen LogP contribution < -0.4 is 5.32 Å². The summed E-state index contributed by atoms with van der Waals surface area (Å²) in [4.78, 5) is 25.2. The number of hydrogen-bond acceptors (Lipinski definition) is 8. The lowest BCUT2D eigenvalue weighted by molar-refractivity contribution is -0.133. The number of hydrogen-bond donors (Lipinski definition) is 1. The topological polar surface area (TPSA) is 83.9 Å². The Morgan fingerprint density at radius 2 is 2.17 bits per heavy atom. The van der Waals surface area contributed by atoms with Crippen LogP contribution in [0.25, 0.3) is 20.4 Å². The van der Waals surface area contributed by atoms with Gasteiger partial charge in [0.2, 0.25) is 5.91 Å². The van der Waals surface area contributed by atoms with Crippen LogP contribution in [-0.4, -0.2) is 44.5 Å². The highest BCUT2D eigenvalue weighted by Gasteiger charge is 2.30. The Morgan fingerprint density at radius 1 is 1.31 bits per heavy atom. The summed E-state index contributed by atoms with van der Waals surface area (Å²) >= 11 is 9.43. The van der Waals surface area contributed by atoms with Gasteiger partial charge in [0, 0.05) is 24.9 Å². The first-order valence-electron chi connectivity index (χ1n) is 9.16. The van der Waals surface area contributed by atoms with Gasteiger partial charge < -0.3 is 10.2 Å². The van der Waals surface area contributed by atoms with E-state index in [1.165, 1.54) is 22.0 Å². The lowest BCUT2D eigenvalue weighted by Gasteiger charge is -2.24. The highest BCUT2D eigenvalue weighted by Crippen LogP contribution is 2.41. The van der Waals surface area contributed by atoms with E-state index >= 15 is 0 Å². The van der Waals surface area contributed by atoms with E-state index in [1.807, 2.05) is 26.2 Å². The van der Waals surface area contributed by atoms with E-state index in [0.29, 0.717) is 5.02 Å². The predicted octanol–water partition coefficient (Wildman–Crippen LogP) is 4.29. The zero-order valence-corrected chi connectivity index (χ0v) is 18.2. The minimum Gasteiger partial charge on any atom is -0.349 e. The third-order valence-corrected chi connectivity index (χ3v) is 7.39. The third kappa shape index (κ3) is 3.23. The minimum absolute atomic E-state index is 0.0330. The van der Waals surface area contributed by atoms with Crippen LogP contribution in [-0.2, 0) is 17.6 Å². The van der Waals surface area contributed by atoms with Gasteiger partial charge in [-0.3, -0.25) is 4.79 Å². The lowest BCUT2D eigenvalue weighted by atomic mass is 9.87. The van der Waals surface area contributed by atoms with Gasteiger partial charge in [0.1, 0.15) is 22.5 Å². The molecule has 0 saturated heterocycles. The molecule has 3 heterocycles. The monoisotopic (exact) mass is 444 g/mol. The van der Waals surface area contributed by atoms with Gasteiger partial charge in [-0.1, -0.05) is 16.1 Å². The molecular formula is C19H17ClN6OS2. The number of fused-ring (bicyclic) bond motifs is 4. The SMILES string of the molecule is CN(C)C(=O)C1CCc2c(sc3ncnc(Nc4cc5snnc5cc4Cl)c23)C1. The highest BCUT2D eigenvalue weighted by atomic mass is 35.5. The van der Waals surface area contributed by atoms with Crippen molar-refractivity contribution < 1.29 is 4.79 Å². The quantitative estimate of drug-likeness (QED) is 0.507. The molecule has 4 aromatic rings. The molecule has 29 heavy (non-hydrogen) atoms. The van der Waals surface area contributed by atoms with Gasteiger partial charge in [-0.15, -0.1) is 16.4 Å². The summed E-state index contributed by atoms with van der Waals surface area (Å²) in [6, 6.07) is 3.75. The smallest absolute Gasteiger partial charge is 0.225 e. The summed E-state index contributed by atoms with van der Waals surface area (Å²) in [6.07, 6.45) is 4.00. The van der Waals surface area contributed by atoms with Crippen molar-refractivity contribution in [3.8, 4) is 0 Å². The number of carbonyl (C=O) groups excluding carboxylic acids is 1. The molecule has 0 bridgehead atoms. The molecule has 7 nitrogen and oxygen atoms in total. The van der Waals surface area contributed by atoms with Gasteiger partial charge in [0.15, 0.2) is 0 Å². The second kappa shape index (κ2) is 7.16. The molecule has 0 radical (unpaired) electrons. The highest BCUT2D eigenvalue weighted by molar-refractivity contribution is 7.19. The van der Waals surface area contributed by atoms with Crippen LogP contribution in [0.4, 0.5) is 11.5 Å². The average molecular weight is 445 g/mol. The number of aryl methyl sites for hydroxylation is 1. The maximum absolute atomic E-state index is 12.4. The summed E-state index contributed by atoms with van der Waals surface area (Å²) in [5, 5.41) is 9.04. The molecule has 1 aromatic carbocycles. The molecule has 0 aliphatic heterocycles. The van der Waals surface area contributed by atoms with E-state index in [1.54, 1.807) is 22.6 Å². The van der Waals surface area contributed by atoms with Gasteiger partial charge in [-0.2, -0.15) is 0 Å². The van der Waals surface area contributed by atoms with Crippen LogP contribution >= 0.6 is 34.5 Å². The van der Waals surface area contributed by atoms with E-state index in [2.05, 4.69) is 24.9 Å². The first kappa shape index (κ1) is 18.7. The first-order chi connectivity index (χ1) is 14.0. The average Bonchev–Trinajstić information content (AvgIpc) is 3.30. The molecule has 1 unspecified atom stereocenters. The van der Waals surface area contributed by atoms with Crippen molar-refractivity contribution in [3.05, 3.63) is 33.9 Å². The Morgan fingerprint density at radius 3 is 3.00 bits per heavy atom. The van der Waals surface area contributed by atoms with Crippen molar-refractivity contribution in [1.29, 1.82) is 0 Å². The fourth-order valence-corrected chi connectivity index (χ4v) is 5.86. The van der Waals surface area contributed by atoms with E-state index < -0.39 is 0 Å². The maximum atomic E-state index is 12.4. The van der Waals surface area contributed by atoms with Crippen LogP contribution in [0.3, 0.4) is 0 Å². The van der Waals surface area contributed by atoms with Crippen LogP contribution in [0.15, 0.2) is 18.5 Å². The second-order valence-electron chi connectivity index (χ2n) is 7.28. The van der Waals surface area contributed by atoms with Gasteiger partial charge in [-0.25, -0.2) is 9.97 Å². The van der Waals surface area contributed by atoms with E-state index in [0.717, 1.165) is 51.2 Å².